The van der Waals surface area contributed by atoms with Gasteiger partial charge in [-0.2, -0.15) is 0 Å². The van der Waals surface area contributed by atoms with Crippen LogP contribution >= 0.6 is 0 Å². The Hall–Kier alpha value is -2.83. The van der Waals surface area contributed by atoms with E-state index in [1.165, 1.54) is 6.92 Å². The quantitative estimate of drug-likeness (QED) is 0.853. The molecule has 1 N–H and O–H groups in total. The molecule has 1 aromatic carbocycles. The molecule has 7 nitrogen and oxygen atoms in total. The first-order valence-corrected chi connectivity index (χ1v) is 7.83. The Morgan fingerprint density at radius 2 is 2.00 bits per heavy atom. The van der Waals surface area contributed by atoms with Gasteiger partial charge in [-0.05, 0) is 30.5 Å². The van der Waals surface area contributed by atoms with Crippen molar-refractivity contribution < 1.29 is 23.9 Å². The molecule has 0 aromatic heterocycles. The molecule has 3 aliphatic rings. The van der Waals surface area contributed by atoms with Gasteiger partial charge in [0.05, 0.1) is 6.04 Å². The van der Waals surface area contributed by atoms with Crippen LogP contribution in [0.1, 0.15) is 37.8 Å². The minimum absolute atomic E-state index is 0.0369. The van der Waals surface area contributed by atoms with Crippen molar-refractivity contribution in [1.29, 1.82) is 0 Å². The summed E-state index contributed by atoms with van der Waals surface area (Å²) in [5.41, 5.74) is 1.78. The average Bonchev–Trinajstić information content (AvgIpc) is 3.00. The van der Waals surface area contributed by atoms with Crippen LogP contribution in [-0.4, -0.2) is 29.4 Å². The molecule has 124 valence electrons. The Balaban J connectivity index is 1.88. The Morgan fingerprint density at radius 1 is 1.21 bits per heavy atom. The fourth-order valence-corrected chi connectivity index (χ4v) is 3.47. The van der Waals surface area contributed by atoms with Crippen LogP contribution in [0.25, 0.3) is 0 Å². The first-order valence-electron chi connectivity index (χ1n) is 7.83. The molecule has 0 bridgehead atoms. The van der Waals surface area contributed by atoms with Crippen molar-refractivity contribution in [3.8, 4) is 11.5 Å². The molecule has 0 spiro atoms. The molecule has 1 atom stereocenters. The summed E-state index contributed by atoms with van der Waals surface area (Å²) in [4.78, 5) is 38.1. The topological polar surface area (TPSA) is 84.9 Å². The lowest BCUT2D eigenvalue weighted by Crippen LogP contribution is -2.51. The minimum Gasteiger partial charge on any atom is -0.454 e. The van der Waals surface area contributed by atoms with Crippen molar-refractivity contribution in [3.63, 3.8) is 0 Å². The van der Waals surface area contributed by atoms with Crippen LogP contribution < -0.4 is 14.8 Å². The lowest BCUT2D eigenvalue weighted by Gasteiger charge is -2.38. The van der Waals surface area contributed by atoms with Gasteiger partial charge in [-0.25, -0.2) is 4.79 Å². The van der Waals surface area contributed by atoms with Gasteiger partial charge in [0, 0.05) is 24.6 Å². The summed E-state index contributed by atoms with van der Waals surface area (Å²) in [6, 6.07) is 4.00. The number of allylic oxidation sites excluding steroid dienone is 1. The van der Waals surface area contributed by atoms with E-state index >= 15 is 0 Å². The number of carbonyl (C=O) groups excluding carboxylic acids is 3. The van der Waals surface area contributed by atoms with Gasteiger partial charge in [0.25, 0.3) is 0 Å². The summed E-state index contributed by atoms with van der Waals surface area (Å²) in [5.74, 6) is 0.704. The zero-order valence-electron chi connectivity index (χ0n) is 13.1. The molecule has 2 aliphatic heterocycles. The van der Waals surface area contributed by atoms with Crippen LogP contribution in [-0.2, 0) is 9.59 Å². The normalized spacial score (nSPS) is 22.4. The largest absolute Gasteiger partial charge is 0.454 e. The minimum atomic E-state index is -0.728. The number of hydrogen-bond acceptors (Lipinski definition) is 5. The van der Waals surface area contributed by atoms with Crippen molar-refractivity contribution in [3.05, 3.63) is 35.0 Å². The number of ketones is 1. The number of imide groups is 1. The van der Waals surface area contributed by atoms with Gasteiger partial charge in [-0.15, -0.1) is 0 Å². The van der Waals surface area contributed by atoms with E-state index in [1.54, 1.807) is 18.2 Å². The fraction of sp³-hybridized carbons (Fsp3) is 0.353. The van der Waals surface area contributed by atoms with E-state index in [4.69, 9.17) is 9.47 Å². The predicted octanol–water partition coefficient (Wildman–Crippen LogP) is 2.04. The third-order valence-electron chi connectivity index (χ3n) is 4.52. The zero-order valence-corrected chi connectivity index (χ0v) is 13.1. The van der Waals surface area contributed by atoms with Crippen molar-refractivity contribution in [2.75, 3.05) is 6.79 Å². The maximum atomic E-state index is 12.5. The SMILES string of the molecule is CC(=O)N1C(=O)NC2=C(C(=O)CCC2)C1c1ccc2c(c1)OCO2. The molecule has 0 radical (unpaired) electrons. The van der Waals surface area contributed by atoms with Crippen LogP contribution in [0.15, 0.2) is 29.5 Å². The van der Waals surface area contributed by atoms with E-state index in [0.29, 0.717) is 47.6 Å². The highest BCUT2D eigenvalue weighted by Crippen LogP contribution is 2.42. The average molecular weight is 328 g/mol. The molecule has 0 fully saturated rings. The van der Waals surface area contributed by atoms with Crippen LogP contribution in [0, 0.1) is 0 Å². The molecule has 2 heterocycles. The summed E-state index contributed by atoms with van der Waals surface area (Å²) < 4.78 is 10.7. The second-order valence-electron chi connectivity index (χ2n) is 6.00. The van der Waals surface area contributed by atoms with Gasteiger partial charge in [0.1, 0.15) is 0 Å². The number of hydrogen-bond donors (Lipinski definition) is 1. The van der Waals surface area contributed by atoms with Gasteiger partial charge >= 0.3 is 6.03 Å². The Bertz CT molecular complexity index is 798. The lowest BCUT2D eigenvalue weighted by molar-refractivity contribution is -0.128. The number of Topliss-reactive ketones (excluding diaryl/α,β-unsaturated/α-hetero) is 1. The monoisotopic (exact) mass is 328 g/mol. The molecule has 1 aliphatic carbocycles. The maximum Gasteiger partial charge on any atom is 0.329 e. The molecule has 4 rings (SSSR count). The summed E-state index contributed by atoms with van der Waals surface area (Å²) in [7, 11) is 0. The maximum absolute atomic E-state index is 12.5. The summed E-state index contributed by atoms with van der Waals surface area (Å²) >= 11 is 0. The third kappa shape index (κ3) is 2.16. The van der Waals surface area contributed by atoms with E-state index in [9.17, 15) is 14.4 Å². The lowest BCUT2D eigenvalue weighted by atomic mass is 9.84. The molecule has 1 unspecified atom stereocenters. The molecule has 24 heavy (non-hydrogen) atoms. The number of nitrogens with zero attached hydrogens (tertiary/aromatic N) is 1. The van der Waals surface area contributed by atoms with Gasteiger partial charge in [-0.3, -0.25) is 14.5 Å². The molecular weight excluding hydrogens is 312 g/mol. The zero-order chi connectivity index (χ0) is 16.8. The van der Waals surface area contributed by atoms with Crippen molar-refractivity contribution in [1.82, 2.24) is 10.2 Å². The first-order chi connectivity index (χ1) is 11.6. The van der Waals surface area contributed by atoms with Gasteiger partial charge in [0.2, 0.25) is 12.7 Å². The van der Waals surface area contributed by atoms with E-state index in [-0.39, 0.29) is 12.6 Å². The van der Waals surface area contributed by atoms with Crippen molar-refractivity contribution >= 4 is 17.7 Å². The van der Waals surface area contributed by atoms with E-state index in [1.807, 2.05) is 0 Å². The number of amides is 3. The molecule has 7 heteroatoms. The summed E-state index contributed by atoms with van der Waals surface area (Å²) in [6.07, 6.45) is 1.74. The van der Waals surface area contributed by atoms with Crippen molar-refractivity contribution in [2.24, 2.45) is 0 Å². The highest BCUT2D eigenvalue weighted by molar-refractivity contribution is 6.04. The second-order valence-corrected chi connectivity index (χ2v) is 6.00. The van der Waals surface area contributed by atoms with Crippen LogP contribution in [0.2, 0.25) is 0 Å². The molecular formula is C17H16N2O5. The smallest absolute Gasteiger partial charge is 0.329 e. The highest BCUT2D eigenvalue weighted by atomic mass is 16.7. The number of nitrogens with one attached hydrogen (secondary N) is 1. The number of benzene rings is 1. The molecule has 0 saturated heterocycles. The van der Waals surface area contributed by atoms with E-state index in [2.05, 4.69) is 5.32 Å². The molecule has 0 saturated carbocycles. The van der Waals surface area contributed by atoms with Gasteiger partial charge in [-0.1, -0.05) is 6.07 Å². The van der Waals surface area contributed by atoms with Crippen LogP contribution in [0.3, 0.4) is 0 Å². The molecule has 3 amide bonds. The predicted molar refractivity (Wildman–Crippen MR) is 82.2 cm³/mol. The second kappa shape index (κ2) is 5.36. The number of urea groups is 1. The summed E-state index contributed by atoms with van der Waals surface area (Å²) in [6.45, 7) is 1.45. The number of ether oxygens (including phenoxy) is 2. The van der Waals surface area contributed by atoms with Crippen LogP contribution in [0.5, 0.6) is 11.5 Å². The van der Waals surface area contributed by atoms with Crippen LogP contribution in [0.4, 0.5) is 4.79 Å². The Morgan fingerprint density at radius 3 is 2.79 bits per heavy atom. The highest BCUT2D eigenvalue weighted by Gasteiger charge is 2.42. The number of rotatable bonds is 1. The standard InChI is InChI=1S/C17H16N2O5/c1-9(20)19-16(10-5-6-13-14(7-10)24-8-23-13)15-11(18-17(19)22)3-2-4-12(15)21/h5-7,16H,2-4,8H2,1H3,(H,18,22). The Kier molecular flexibility index (Phi) is 3.30. The summed E-state index contributed by atoms with van der Waals surface area (Å²) in [5, 5.41) is 2.70. The van der Waals surface area contributed by atoms with Gasteiger partial charge < -0.3 is 14.8 Å². The van der Waals surface area contributed by atoms with E-state index < -0.39 is 18.0 Å². The first kappa shape index (κ1) is 14.7. The third-order valence-corrected chi connectivity index (χ3v) is 4.52. The Labute approximate surface area is 138 Å². The van der Waals surface area contributed by atoms with E-state index in [0.717, 1.165) is 4.90 Å². The van der Waals surface area contributed by atoms with Crippen molar-refractivity contribution in [2.45, 2.75) is 32.2 Å². The number of carbonyl (C=O) groups is 3. The van der Waals surface area contributed by atoms with Gasteiger partial charge in [0.15, 0.2) is 17.3 Å². The number of fused-ring (bicyclic) bond motifs is 1. The fourth-order valence-electron chi connectivity index (χ4n) is 3.47. The molecule has 1 aromatic rings.